The first-order valence-electron chi connectivity index (χ1n) is 11.1. The van der Waals surface area contributed by atoms with Crippen molar-refractivity contribution in [2.45, 2.75) is 53.1 Å². The summed E-state index contributed by atoms with van der Waals surface area (Å²) in [6, 6.07) is 5.95. The van der Waals surface area contributed by atoms with Gasteiger partial charge in [0.15, 0.2) is 5.82 Å². The molecule has 8 heteroatoms. The van der Waals surface area contributed by atoms with Gasteiger partial charge in [0.25, 0.3) is 5.56 Å². The third-order valence-electron chi connectivity index (χ3n) is 6.21. The molecule has 1 fully saturated rings. The molecule has 1 aliphatic heterocycles. The maximum Gasteiger partial charge on any atom is 0.253 e. The van der Waals surface area contributed by atoms with E-state index in [4.69, 9.17) is 0 Å². The lowest BCUT2D eigenvalue weighted by atomic mass is 9.99. The smallest absolute Gasteiger partial charge is 0.253 e. The van der Waals surface area contributed by atoms with Gasteiger partial charge in [-0.1, -0.05) is 18.6 Å². The van der Waals surface area contributed by atoms with Crippen molar-refractivity contribution < 1.29 is 0 Å². The van der Waals surface area contributed by atoms with Gasteiger partial charge in [-0.25, -0.2) is 4.68 Å². The van der Waals surface area contributed by atoms with Crippen LogP contribution in [0.3, 0.4) is 0 Å². The van der Waals surface area contributed by atoms with Gasteiger partial charge >= 0.3 is 0 Å². The molecule has 31 heavy (non-hydrogen) atoms. The zero-order valence-corrected chi connectivity index (χ0v) is 19.4. The van der Waals surface area contributed by atoms with Gasteiger partial charge in [0, 0.05) is 31.7 Å². The Hall–Kier alpha value is -2.58. The SMILES string of the molecule is CCN1CCN([C@@H](c2cc3cc(C)cc(C)c3[nH]c2=O)c2nnnn2C(C)(C)C)CC1. The molecule has 4 rings (SSSR count). The summed E-state index contributed by atoms with van der Waals surface area (Å²) in [5.41, 5.74) is 3.47. The van der Waals surface area contributed by atoms with Crippen molar-refractivity contribution in [1.82, 2.24) is 35.0 Å². The van der Waals surface area contributed by atoms with Crippen molar-refractivity contribution in [3.8, 4) is 0 Å². The number of fused-ring (bicyclic) bond motifs is 1. The average molecular weight is 424 g/mol. The second-order valence-electron chi connectivity index (χ2n) is 9.59. The number of hydrogen-bond acceptors (Lipinski definition) is 6. The van der Waals surface area contributed by atoms with E-state index in [1.165, 1.54) is 5.56 Å². The van der Waals surface area contributed by atoms with Gasteiger partial charge in [0.05, 0.1) is 11.1 Å². The number of nitrogens with one attached hydrogen (secondary N) is 1. The monoisotopic (exact) mass is 423 g/mol. The first-order valence-corrected chi connectivity index (χ1v) is 11.1. The fourth-order valence-electron chi connectivity index (χ4n) is 4.59. The Kier molecular flexibility index (Phi) is 5.70. The number of H-pyrrole nitrogens is 1. The van der Waals surface area contributed by atoms with Gasteiger partial charge in [0.2, 0.25) is 0 Å². The van der Waals surface area contributed by atoms with Gasteiger partial charge in [-0.3, -0.25) is 9.69 Å². The Morgan fingerprint density at radius 1 is 1.10 bits per heavy atom. The standard InChI is InChI=1S/C23H33N7O/c1-7-28-8-10-29(11-9-28)20(21-25-26-27-30(21)23(4,5)6)18-14-17-13-15(2)12-16(3)19(17)24-22(18)31/h12-14,20H,7-11H2,1-6H3,(H,24,31)/t20-/m0/s1. The van der Waals surface area contributed by atoms with E-state index in [-0.39, 0.29) is 17.1 Å². The van der Waals surface area contributed by atoms with Crippen LogP contribution >= 0.6 is 0 Å². The summed E-state index contributed by atoms with van der Waals surface area (Å²) in [6.45, 7) is 17.2. The van der Waals surface area contributed by atoms with Gasteiger partial charge in [-0.05, 0) is 74.7 Å². The summed E-state index contributed by atoms with van der Waals surface area (Å²) in [6.07, 6.45) is 0. The molecule has 166 valence electrons. The molecule has 1 aliphatic rings. The lowest BCUT2D eigenvalue weighted by Crippen LogP contribution is -2.49. The van der Waals surface area contributed by atoms with Gasteiger partial charge < -0.3 is 9.88 Å². The third kappa shape index (κ3) is 4.14. The molecule has 0 bridgehead atoms. The van der Waals surface area contributed by atoms with Crippen LogP contribution in [0.15, 0.2) is 23.0 Å². The normalized spacial score (nSPS) is 17.4. The van der Waals surface area contributed by atoms with E-state index in [2.05, 4.69) is 77.1 Å². The number of likely N-dealkylation sites (N-methyl/N-ethyl adjacent to an activating group) is 1. The number of tetrazole rings is 1. The Morgan fingerprint density at radius 3 is 2.45 bits per heavy atom. The minimum absolute atomic E-state index is 0.0779. The van der Waals surface area contributed by atoms with Crippen LogP contribution in [0.4, 0.5) is 0 Å². The highest BCUT2D eigenvalue weighted by Gasteiger charge is 2.34. The van der Waals surface area contributed by atoms with E-state index >= 15 is 0 Å². The van der Waals surface area contributed by atoms with Gasteiger partial charge in [0.1, 0.15) is 6.04 Å². The molecule has 1 saturated heterocycles. The highest BCUT2D eigenvalue weighted by molar-refractivity contribution is 5.83. The number of rotatable bonds is 4. The van der Waals surface area contributed by atoms with Crippen LogP contribution in [0.5, 0.6) is 0 Å². The van der Waals surface area contributed by atoms with Gasteiger partial charge in [-0.2, -0.15) is 0 Å². The van der Waals surface area contributed by atoms with Gasteiger partial charge in [-0.15, -0.1) is 5.10 Å². The molecule has 0 unspecified atom stereocenters. The molecular formula is C23H33N7O. The molecule has 0 amide bonds. The molecular weight excluding hydrogens is 390 g/mol. The van der Waals surface area contributed by atoms with Crippen LogP contribution < -0.4 is 5.56 Å². The molecule has 3 heterocycles. The van der Waals surface area contributed by atoms with Crippen LogP contribution in [0.25, 0.3) is 10.9 Å². The van der Waals surface area contributed by atoms with Crippen molar-refractivity contribution in [2.75, 3.05) is 32.7 Å². The molecule has 1 atom stereocenters. The van der Waals surface area contributed by atoms with Crippen LogP contribution in [-0.4, -0.2) is 67.7 Å². The molecule has 2 aromatic heterocycles. The van der Waals surface area contributed by atoms with E-state index in [1.54, 1.807) is 0 Å². The van der Waals surface area contributed by atoms with E-state index in [9.17, 15) is 4.79 Å². The number of aromatic nitrogens is 5. The summed E-state index contributed by atoms with van der Waals surface area (Å²) in [5.74, 6) is 0.715. The minimum atomic E-state index is -0.304. The van der Waals surface area contributed by atoms with E-state index in [0.717, 1.165) is 49.2 Å². The van der Waals surface area contributed by atoms with E-state index in [0.29, 0.717) is 11.4 Å². The second-order valence-corrected chi connectivity index (χ2v) is 9.59. The fraction of sp³-hybridized carbons (Fsp3) is 0.565. The predicted octanol–water partition coefficient (Wildman–Crippen LogP) is 2.61. The first kappa shape index (κ1) is 21.6. The fourth-order valence-corrected chi connectivity index (χ4v) is 4.59. The van der Waals surface area contributed by atoms with Crippen LogP contribution in [0, 0.1) is 13.8 Å². The number of piperazine rings is 1. The Labute approximate surface area is 183 Å². The Balaban J connectivity index is 1.89. The summed E-state index contributed by atoms with van der Waals surface area (Å²) < 4.78 is 1.86. The van der Waals surface area contributed by atoms with E-state index < -0.39 is 0 Å². The third-order valence-corrected chi connectivity index (χ3v) is 6.21. The van der Waals surface area contributed by atoms with Crippen molar-refractivity contribution in [2.24, 2.45) is 0 Å². The Morgan fingerprint density at radius 2 is 1.81 bits per heavy atom. The summed E-state index contributed by atoms with van der Waals surface area (Å²) in [4.78, 5) is 21.3. The number of aromatic amines is 1. The summed E-state index contributed by atoms with van der Waals surface area (Å²) in [7, 11) is 0. The summed E-state index contributed by atoms with van der Waals surface area (Å²) in [5, 5.41) is 13.7. The number of aryl methyl sites for hydroxylation is 2. The molecule has 0 radical (unpaired) electrons. The lowest BCUT2D eigenvalue weighted by Gasteiger charge is -2.39. The quantitative estimate of drug-likeness (QED) is 0.695. The maximum atomic E-state index is 13.4. The van der Waals surface area contributed by atoms with Crippen molar-refractivity contribution >= 4 is 10.9 Å². The maximum absolute atomic E-state index is 13.4. The lowest BCUT2D eigenvalue weighted by molar-refractivity contribution is 0.105. The highest BCUT2D eigenvalue weighted by Crippen LogP contribution is 2.30. The van der Waals surface area contributed by atoms with Crippen LogP contribution in [-0.2, 0) is 5.54 Å². The molecule has 1 N–H and O–H groups in total. The number of pyridine rings is 1. The minimum Gasteiger partial charge on any atom is -0.321 e. The number of benzene rings is 1. The zero-order chi connectivity index (χ0) is 22.3. The molecule has 1 aromatic carbocycles. The van der Waals surface area contributed by atoms with Crippen LogP contribution in [0.2, 0.25) is 0 Å². The van der Waals surface area contributed by atoms with Crippen molar-refractivity contribution in [3.05, 3.63) is 51.1 Å². The van der Waals surface area contributed by atoms with E-state index in [1.807, 2.05) is 17.7 Å². The first-order chi connectivity index (χ1) is 14.7. The topological polar surface area (TPSA) is 82.9 Å². The summed E-state index contributed by atoms with van der Waals surface area (Å²) >= 11 is 0. The van der Waals surface area contributed by atoms with Crippen molar-refractivity contribution in [3.63, 3.8) is 0 Å². The highest BCUT2D eigenvalue weighted by atomic mass is 16.1. The Bertz CT molecular complexity index is 1130. The average Bonchev–Trinajstić information content (AvgIpc) is 3.20. The molecule has 3 aromatic rings. The number of nitrogens with zero attached hydrogens (tertiary/aromatic N) is 6. The largest absolute Gasteiger partial charge is 0.321 e. The molecule has 8 nitrogen and oxygen atoms in total. The number of hydrogen-bond donors (Lipinski definition) is 1. The molecule has 0 spiro atoms. The molecule has 0 saturated carbocycles. The predicted molar refractivity (Wildman–Crippen MR) is 122 cm³/mol. The van der Waals surface area contributed by atoms with Crippen LogP contribution in [0.1, 0.15) is 56.3 Å². The van der Waals surface area contributed by atoms with Crippen molar-refractivity contribution in [1.29, 1.82) is 0 Å². The second kappa shape index (κ2) is 8.16. The molecule has 0 aliphatic carbocycles. The zero-order valence-electron chi connectivity index (χ0n) is 19.4.